The van der Waals surface area contributed by atoms with Crippen molar-refractivity contribution in [1.29, 1.82) is 0 Å². The average molecular weight is 437 g/mol. The van der Waals surface area contributed by atoms with Gasteiger partial charge in [0.05, 0.1) is 24.8 Å². The lowest BCUT2D eigenvalue weighted by molar-refractivity contribution is -0.123. The van der Waals surface area contributed by atoms with Crippen LogP contribution in [-0.4, -0.2) is 55.9 Å². The lowest BCUT2D eigenvalue weighted by Crippen LogP contribution is -2.54. The summed E-state index contributed by atoms with van der Waals surface area (Å²) >= 11 is 0. The van der Waals surface area contributed by atoms with Gasteiger partial charge in [-0.2, -0.15) is 0 Å². The van der Waals surface area contributed by atoms with Crippen molar-refractivity contribution >= 4 is 18.9 Å². The van der Waals surface area contributed by atoms with Crippen LogP contribution in [0.25, 0.3) is 0 Å². The molecule has 10 nitrogen and oxygen atoms in total. The molecule has 4 N–H and O–H groups in total. The zero-order valence-corrected chi connectivity index (χ0v) is 17.3. The van der Waals surface area contributed by atoms with E-state index in [0.29, 0.717) is 12.8 Å². The number of nitrogens with one attached hydrogen (secondary N) is 2. The predicted molar refractivity (Wildman–Crippen MR) is 115 cm³/mol. The van der Waals surface area contributed by atoms with Gasteiger partial charge in [0.2, 0.25) is 5.91 Å². The second-order valence-corrected chi connectivity index (χ2v) is 7.15. The molecule has 166 valence electrons. The van der Waals surface area contributed by atoms with Gasteiger partial charge >= 0.3 is 7.12 Å². The maximum Gasteiger partial charge on any atom is 0.475 e. The number of hydrogen-bond acceptors (Lipinski definition) is 8. The fraction of sp³-hybridized carbons (Fsp3) is 0.286. The van der Waals surface area contributed by atoms with Gasteiger partial charge in [-0.15, -0.1) is 0 Å². The van der Waals surface area contributed by atoms with Gasteiger partial charge in [0, 0.05) is 12.4 Å². The van der Waals surface area contributed by atoms with E-state index in [9.17, 15) is 19.6 Å². The molecule has 0 bridgehead atoms. The van der Waals surface area contributed by atoms with Gasteiger partial charge in [-0.3, -0.25) is 14.6 Å². The van der Waals surface area contributed by atoms with E-state index >= 15 is 0 Å². The Bertz CT molecular complexity index is 973. The minimum atomic E-state index is -1.76. The molecule has 2 atom stereocenters. The number of aromatic nitrogens is 3. The van der Waals surface area contributed by atoms with Gasteiger partial charge in [-0.05, 0) is 24.8 Å². The zero-order valence-electron chi connectivity index (χ0n) is 17.3. The fourth-order valence-corrected chi connectivity index (χ4v) is 3.14. The summed E-state index contributed by atoms with van der Waals surface area (Å²) in [6.07, 6.45) is 8.52. The molecule has 3 rings (SSSR count). The minimum Gasteiger partial charge on any atom is -0.449 e. The van der Waals surface area contributed by atoms with Gasteiger partial charge in [-0.1, -0.05) is 30.3 Å². The second kappa shape index (κ2) is 11.7. The molecular formula is C21H24BN5O5. The van der Waals surface area contributed by atoms with E-state index in [1.54, 1.807) is 0 Å². The number of carbonyl (C=O) groups excluding carboxylic acids is 2. The van der Waals surface area contributed by atoms with E-state index in [0.717, 1.165) is 12.0 Å². The van der Waals surface area contributed by atoms with Gasteiger partial charge in [0.25, 0.3) is 5.91 Å². The maximum absolute atomic E-state index is 12.9. The Labute approximate surface area is 185 Å². The lowest BCUT2D eigenvalue weighted by Gasteiger charge is -2.22. The summed E-state index contributed by atoms with van der Waals surface area (Å²) in [5, 5.41) is 24.7. The molecule has 2 amide bonds. The minimum absolute atomic E-state index is 0.0247. The summed E-state index contributed by atoms with van der Waals surface area (Å²) in [4.78, 5) is 37.2. The summed E-state index contributed by atoms with van der Waals surface area (Å²) in [5.41, 5.74) is 1.15. The summed E-state index contributed by atoms with van der Waals surface area (Å²) in [6.45, 7) is 0. The normalized spacial score (nSPS) is 12.6. The van der Waals surface area contributed by atoms with E-state index in [1.807, 2.05) is 30.3 Å². The van der Waals surface area contributed by atoms with Crippen LogP contribution in [0, 0.1) is 0 Å². The average Bonchev–Trinajstić information content (AvgIpc) is 3.32. The Kier molecular flexibility index (Phi) is 8.47. The Hall–Kier alpha value is -3.57. The first-order valence-corrected chi connectivity index (χ1v) is 10.2. The molecule has 0 aliphatic carbocycles. The molecule has 32 heavy (non-hydrogen) atoms. The highest BCUT2D eigenvalue weighted by atomic mass is 16.4. The largest absolute Gasteiger partial charge is 0.475 e. The SMILES string of the molecule is O=C(NC(Cc1ncco1)C(=O)NC(CCCc1ccccc1)B(O)O)c1cnccn1. The molecule has 11 heteroatoms. The molecule has 2 aromatic heterocycles. The quantitative estimate of drug-likeness (QED) is 0.314. The smallest absolute Gasteiger partial charge is 0.449 e. The summed E-state index contributed by atoms with van der Waals surface area (Å²) in [7, 11) is -1.76. The van der Waals surface area contributed by atoms with Crippen molar-refractivity contribution in [3.63, 3.8) is 0 Å². The number of benzene rings is 1. The van der Waals surface area contributed by atoms with Crippen LogP contribution in [0.5, 0.6) is 0 Å². The van der Waals surface area contributed by atoms with Crippen molar-refractivity contribution in [2.45, 2.75) is 37.7 Å². The number of amides is 2. The van der Waals surface area contributed by atoms with E-state index in [2.05, 4.69) is 25.6 Å². The van der Waals surface area contributed by atoms with Crippen LogP contribution in [0.1, 0.15) is 34.8 Å². The van der Waals surface area contributed by atoms with Crippen molar-refractivity contribution in [2.24, 2.45) is 0 Å². The molecule has 0 radical (unpaired) electrons. The highest BCUT2D eigenvalue weighted by Gasteiger charge is 2.30. The summed E-state index contributed by atoms with van der Waals surface area (Å²) < 4.78 is 5.20. The van der Waals surface area contributed by atoms with Crippen LogP contribution in [0.15, 0.2) is 65.8 Å². The molecule has 0 fully saturated rings. The number of carbonyl (C=O) groups is 2. The van der Waals surface area contributed by atoms with Gasteiger partial charge in [-0.25, -0.2) is 9.97 Å². The standard InChI is InChI=1S/C21H24BN5O5/c28-20(27-18(22(30)31)8-4-7-15-5-2-1-3-6-15)16(13-19-25-11-12-32-19)26-21(29)17-14-23-9-10-24-17/h1-3,5-6,9-12,14,16,18,30-31H,4,7-8,13H2,(H,26,29)(H,27,28). The van der Waals surface area contributed by atoms with Gasteiger partial charge in [0.15, 0.2) is 5.89 Å². The molecule has 0 saturated heterocycles. The molecule has 2 unspecified atom stereocenters. The maximum atomic E-state index is 12.9. The first-order chi connectivity index (χ1) is 15.5. The van der Waals surface area contributed by atoms with Crippen LogP contribution in [0.3, 0.4) is 0 Å². The third-order valence-electron chi connectivity index (χ3n) is 4.79. The molecule has 0 saturated carbocycles. The molecule has 0 spiro atoms. The van der Waals surface area contributed by atoms with Crippen LogP contribution in [0.2, 0.25) is 0 Å². The van der Waals surface area contributed by atoms with Gasteiger partial charge in [0.1, 0.15) is 18.0 Å². The third-order valence-corrected chi connectivity index (χ3v) is 4.79. The predicted octanol–water partition coefficient (Wildman–Crippen LogP) is 0.325. The Morgan fingerprint density at radius 1 is 1.06 bits per heavy atom. The van der Waals surface area contributed by atoms with Crippen LogP contribution < -0.4 is 10.6 Å². The monoisotopic (exact) mass is 437 g/mol. The number of nitrogens with zero attached hydrogens (tertiary/aromatic N) is 3. The number of rotatable bonds is 11. The fourth-order valence-electron chi connectivity index (χ4n) is 3.14. The Balaban J connectivity index is 1.64. The molecule has 0 aliphatic heterocycles. The molecule has 3 aromatic rings. The van der Waals surface area contributed by atoms with Crippen LogP contribution in [0.4, 0.5) is 0 Å². The second-order valence-electron chi connectivity index (χ2n) is 7.15. The van der Waals surface area contributed by atoms with Crippen molar-refractivity contribution in [3.05, 3.63) is 78.5 Å². The molecule has 1 aromatic carbocycles. The lowest BCUT2D eigenvalue weighted by atomic mass is 9.76. The molecule has 0 aliphatic rings. The van der Waals surface area contributed by atoms with Crippen LogP contribution in [-0.2, 0) is 17.6 Å². The number of oxazole rings is 1. The van der Waals surface area contributed by atoms with Crippen LogP contribution >= 0.6 is 0 Å². The highest BCUT2D eigenvalue weighted by molar-refractivity contribution is 6.43. The topological polar surface area (TPSA) is 150 Å². The number of aryl methyl sites for hydroxylation is 1. The Morgan fingerprint density at radius 3 is 2.53 bits per heavy atom. The highest BCUT2D eigenvalue weighted by Crippen LogP contribution is 2.09. The van der Waals surface area contributed by atoms with Gasteiger partial charge < -0.3 is 25.1 Å². The van der Waals surface area contributed by atoms with E-state index in [1.165, 1.54) is 31.1 Å². The molecular weight excluding hydrogens is 413 g/mol. The molecule has 2 heterocycles. The van der Waals surface area contributed by atoms with E-state index in [-0.39, 0.29) is 18.0 Å². The van der Waals surface area contributed by atoms with Crippen molar-refractivity contribution < 1.29 is 24.1 Å². The number of hydrogen-bond donors (Lipinski definition) is 4. The van der Waals surface area contributed by atoms with E-state index < -0.39 is 30.9 Å². The van der Waals surface area contributed by atoms with Crippen molar-refractivity contribution in [3.8, 4) is 0 Å². The van der Waals surface area contributed by atoms with E-state index in [4.69, 9.17) is 4.42 Å². The van der Waals surface area contributed by atoms with Crippen molar-refractivity contribution in [1.82, 2.24) is 25.6 Å². The summed E-state index contributed by atoms with van der Waals surface area (Å²) in [5.74, 6) is -1.87. The third kappa shape index (κ3) is 7.00. The van der Waals surface area contributed by atoms with Crippen molar-refractivity contribution in [2.75, 3.05) is 0 Å². The first-order valence-electron chi connectivity index (χ1n) is 10.2. The zero-order chi connectivity index (χ0) is 22.8. The first kappa shape index (κ1) is 23.1. The Morgan fingerprint density at radius 2 is 1.88 bits per heavy atom. The summed E-state index contributed by atoms with van der Waals surface area (Å²) in [6, 6.07) is 8.69.